The number of aliphatic hydroxyl groups is 3. The molecule has 10 unspecified atom stereocenters. The molecule has 0 saturated carbocycles. The van der Waals surface area contributed by atoms with E-state index in [-0.39, 0.29) is 36.4 Å². The number of nitrogens with zero attached hydrogens (tertiary/aromatic N) is 1. The van der Waals surface area contributed by atoms with Crippen LogP contribution in [0.25, 0.3) is 0 Å². The molecule has 262 valence electrons. The van der Waals surface area contributed by atoms with Crippen LogP contribution in [-0.2, 0) is 19.0 Å². The van der Waals surface area contributed by atoms with Crippen molar-refractivity contribution in [3.05, 3.63) is 36.0 Å². The minimum Gasteiger partial charge on any atom is -0.457 e. The first-order valence-corrected chi connectivity index (χ1v) is 17.4. The minimum absolute atomic E-state index is 0.00701. The zero-order valence-electron chi connectivity index (χ0n) is 28.9. The maximum atomic E-state index is 12.8. The van der Waals surface area contributed by atoms with Crippen LogP contribution in [0, 0.1) is 17.8 Å². The highest BCUT2D eigenvalue weighted by Gasteiger charge is 2.47. The van der Waals surface area contributed by atoms with E-state index in [9.17, 15) is 24.9 Å². The smallest absolute Gasteiger partial charge is 0.407 e. The van der Waals surface area contributed by atoms with Crippen LogP contribution in [0.15, 0.2) is 36.0 Å². The molecule has 2 saturated heterocycles. The predicted molar refractivity (Wildman–Crippen MR) is 178 cm³/mol. The number of nitrogens with one attached hydrogen (secondary N) is 1. The Kier molecular flexibility index (Phi) is 15.2. The Hall–Kier alpha value is -2.24. The fraction of sp³-hybridized carbons (Fsp3) is 0.778. The van der Waals surface area contributed by atoms with Gasteiger partial charge in [0.2, 0.25) is 0 Å². The SMILES string of the molecule is CCC(O)C(C)C1OC1CC(C)(O)/C=C/C=C(\C)C1OC(=O)CC(O)CCC(C)C(OC(=O)NCCN2CCCCC2)/C=C/C1C. The Morgan fingerprint density at radius 3 is 2.63 bits per heavy atom. The number of aliphatic hydroxyl groups excluding tert-OH is 2. The number of rotatable bonds is 12. The highest BCUT2D eigenvalue weighted by molar-refractivity contribution is 5.70. The summed E-state index contributed by atoms with van der Waals surface area (Å²) < 4.78 is 17.5. The van der Waals surface area contributed by atoms with Crippen molar-refractivity contribution in [3.63, 3.8) is 0 Å². The number of carbonyl (C=O) groups excluding carboxylic acids is 2. The molecule has 2 fully saturated rings. The molecule has 4 N–H and O–H groups in total. The third kappa shape index (κ3) is 12.8. The van der Waals surface area contributed by atoms with E-state index in [0.29, 0.717) is 32.2 Å². The quantitative estimate of drug-likeness (QED) is 0.103. The fourth-order valence-electron chi connectivity index (χ4n) is 6.47. The lowest BCUT2D eigenvalue weighted by Crippen LogP contribution is -2.39. The number of epoxide rings is 1. The first kappa shape index (κ1) is 38.2. The van der Waals surface area contributed by atoms with Gasteiger partial charge >= 0.3 is 12.1 Å². The molecule has 0 bridgehead atoms. The molecule has 3 rings (SSSR count). The molecule has 0 radical (unpaired) electrons. The van der Waals surface area contributed by atoms with Gasteiger partial charge in [-0.25, -0.2) is 4.79 Å². The highest BCUT2D eigenvalue weighted by Crippen LogP contribution is 2.37. The topological polar surface area (TPSA) is 141 Å². The molecule has 3 aliphatic rings. The van der Waals surface area contributed by atoms with E-state index in [2.05, 4.69) is 10.2 Å². The summed E-state index contributed by atoms with van der Waals surface area (Å²) in [5.41, 5.74) is -0.355. The number of esters is 1. The summed E-state index contributed by atoms with van der Waals surface area (Å²) in [5, 5.41) is 34.6. The average molecular weight is 649 g/mol. The third-order valence-corrected chi connectivity index (χ3v) is 9.69. The van der Waals surface area contributed by atoms with Gasteiger partial charge in [-0.05, 0) is 76.6 Å². The lowest BCUT2D eigenvalue weighted by atomic mass is 9.91. The molecule has 10 atom stereocenters. The molecule has 0 spiro atoms. The van der Waals surface area contributed by atoms with E-state index in [0.717, 1.165) is 25.2 Å². The molecule has 10 heteroatoms. The number of alkyl carbamates (subject to hydrolysis) is 1. The Balaban J connectivity index is 1.64. The van der Waals surface area contributed by atoms with Crippen LogP contribution in [0.2, 0.25) is 0 Å². The Labute approximate surface area is 276 Å². The van der Waals surface area contributed by atoms with Crippen molar-refractivity contribution in [2.75, 3.05) is 26.2 Å². The van der Waals surface area contributed by atoms with Crippen molar-refractivity contribution in [2.45, 2.75) is 135 Å². The van der Waals surface area contributed by atoms with E-state index >= 15 is 0 Å². The van der Waals surface area contributed by atoms with Gasteiger partial charge in [0, 0.05) is 31.3 Å². The molecule has 0 aromatic rings. The predicted octanol–water partition coefficient (Wildman–Crippen LogP) is 4.67. The van der Waals surface area contributed by atoms with E-state index in [1.54, 1.807) is 19.1 Å². The second-order valence-electron chi connectivity index (χ2n) is 14.1. The lowest BCUT2D eigenvalue weighted by molar-refractivity contribution is -0.151. The molecule has 0 aliphatic carbocycles. The average Bonchev–Trinajstić information content (AvgIpc) is 3.77. The number of hydrogen-bond acceptors (Lipinski definition) is 9. The summed E-state index contributed by atoms with van der Waals surface area (Å²) in [4.78, 5) is 27.9. The molecular weight excluding hydrogens is 588 g/mol. The second-order valence-corrected chi connectivity index (χ2v) is 14.1. The number of piperidine rings is 1. The molecule has 0 aromatic heterocycles. The summed E-state index contributed by atoms with van der Waals surface area (Å²) in [6.45, 7) is 14.9. The summed E-state index contributed by atoms with van der Waals surface area (Å²) >= 11 is 0. The Morgan fingerprint density at radius 1 is 1.22 bits per heavy atom. The fourth-order valence-corrected chi connectivity index (χ4v) is 6.47. The van der Waals surface area contributed by atoms with Crippen LogP contribution in [-0.4, -0.2) is 101 Å². The maximum Gasteiger partial charge on any atom is 0.407 e. The van der Waals surface area contributed by atoms with Crippen molar-refractivity contribution in [1.82, 2.24) is 10.2 Å². The van der Waals surface area contributed by atoms with Crippen LogP contribution in [0.5, 0.6) is 0 Å². The molecule has 3 aliphatic heterocycles. The zero-order valence-corrected chi connectivity index (χ0v) is 28.9. The molecule has 1 amide bonds. The van der Waals surface area contributed by atoms with Gasteiger partial charge in [-0.3, -0.25) is 4.79 Å². The van der Waals surface area contributed by atoms with E-state index in [4.69, 9.17) is 14.2 Å². The second kappa shape index (κ2) is 18.3. The summed E-state index contributed by atoms with van der Waals surface area (Å²) in [7, 11) is 0. The van der Waals surface area contributed by atoms with Gasteiger partial charge in [0.05, 0.1) is 36.4 Å². The Morgan fingerprint density at radius 2 is 1.93 bits per heavy atom. The Bertz CT molecular complexity index is 1050. The number of cyclic esters (lactones) is 1. The van der Waals surface area contributed by atoms with Crippen molar-refractivity contribution in [3.8, 4) is 0 Å². The van der Waals surface area contributed by atoms with E-state index in [1.807, 2.05) is 52.8 Å². The van der Waals surface area contributed by atoms with E-state index < -0.39 is 42.1 Å². The lowest BCUT2D eigenvalue weighted by Gasteiger charge is -2.28. The van der Waals surface area contributed by atoms with Crippen LogP contribution in [0.4, 0.5) is 4.79 Å². The molecule has 3 heterocycles. The van der Waals surface area contributed by atoms with Gasteiger partial charge in [0.25, 0.3) is 0 Å². The summed E-state index contributed by atoms with van der Waals surface area (Å²) in [6, 6.07) is 0. The van der Waals surface area contributed by atoms with Crippen LogP contribution in [0.3, 0.4) is 0 Å². The van der Waals surface area contributed by atoms with Crippen molar-refractivity contribution < 1.29 is 39.1 Å². The largest absolute Gasteiger partial charge is 0.457 e. The van der Waals surface area contributed by atoms with Crippen LogP contribution >= 0.6 is 0 Å². The van der Waals surface area contributed by atoms with Gasteiger partial charge in [-0.1, -0.05) is 58.4 Å². The minimum atomic E-state index is -1.12. The van der Waals surface area contributed by atoms with Gasteiger partial charge in [-0.15, -0.1) is 0 Å². The van der Waals surface area contributed by atoms with Gasteiger partial charge in [0.1, 0.15) is 12.2 Å². The number of allylic oxidation sites excluding steroid dienone is 2. The van der Waals surface area contributed by atoms with Gasteiger partial charge in [0.15, 0.2) is 0 Å². The van der Waals surface area contributed by atoms with Gasteiger partial charge < -0.3 is 39.7 Å². The summed E-state index contributed by atoms with van der Waals surface area (Å²) in [5.74, 6) is -0.786. The van der Waals surface area contributed by atoms with Crippen molar-refractivity contribution in [1.29, 1.82) is 0 Å². The van der Waals surface area contributed by atoms with Crippen LogP contribution < -0.4 is 5.32 Å². The number of ether oxygens (including phenoxy) is 3. The molecule has 10 nitrogen and oxygen atoms in total. The highest BCUT2D eigenvalue weighted by atomic mass is 16.6. The molecule has 0 aromatic carbocycles. The number of amides is 1. The monoisotopic (exact) mass is 648 g/mol. The number of hydrogen-bond donors (Lipinski definition) is 4. The van der Waals surface area contributed by atoms with Crippen LogP contribution in [0.1, 0.15) is 92.9 Å². The molecule has 46 heavy (non-hydrogen) atoms. The normalized spacial score (nSPS) is 33.5. The standard InChI is InChI=1S/C36H60N2O8/c1-7-29(40)27(5)34-31(44-34)23-36(6,43)17-11-12-25(3)33-26(4)14-16-30(24(2)13-15-28(39)22-32(41)46-33)45-35(42)37-18-21-38-19-9-8-10-20-38/h11-12,14,16-17,24,26-31,33-34,39-40,43H,7-10,13,15,18-23H2,1-6H3,(H,37,42)/b16-14+,17-11+,25-12+. The van der Waals surface area contributed by atoms with Crippen molar-refractivity contribution >= 4 is 12.1 Å². The number of likely N-dealkylation sites (tertiary alicyclic amines) is 1. The first-order chi connectivity index (χ1) is 21.8. The molecular formula is C36H60N2O8. The first-order valence-electron chi connectivity index (χ1n) is 17.4. The summed E-state index contributed by atoms with van der Waals surface area (Å²) in [6.07, 6.45) is 11.6. The van der Waals surface area contributed by atoms with E-state index in [1.165, 1.54) is 19.3 Å². The van der Waals surface area contributed by atoms with Crippen molar-refractivity contribution in [2.24, 2.45) is 17.8 Å². The number of carbonyl (C=O) groups is 2. The zero-order chi connectivity index (χ0) is 33.9. The van der Waals surface area contributed by atoms with Gasteiger partial charge in [-0.2, -0.15) is 0 Å². The third-order valence-electron chi connectivity index (χ3n) is 9.69. The maximum absolute atomic E-state index is 12.8.